The van der Waals surface area contributed by atoms with Crippen LogP contribution in [0.4, 0.5) is 17.1 Å². The normalized spacial score (nSPS) is 14.7. The lowest BCUT2D eigenvalue weighted by Crippen LogP contribution is -2.22. The second-order valence-electron chi connectivity index (χ2n) is 15.8. The molecule has 0 bridgehead atoms. The SMILES string of the molecule is CC1(c2ccccc2)c2ccccc2-c2ccc(N(c3ccc(-c4ccc5oc6ccccc6c5c4)cc3)c3ccc4c5ccccc5c5ccccc5c4c3)cc21. The summed E-state index contributed by atoms with van der Waals surface area (Å²) in [6.45, 7) is 2.39. The molecule has 0 spiro atoms. The number of hydrogen-bond donors (Lipinski definition) is 0. The van der Waals surface area contributed by atoms with Gasteiger partial charge in [0.25, 0.3) is 0 Å². The van der Waals surface area contributed by atoms with Gasteiger partial charge in [-0.25, -0.2) is 0 Å². The third-order valence-electron chi connectivity index (χ3n) is 12.7. The second kappa shape index (κ2) is 12.5. The molecule has 1 aromatic heterocycles. The second-order valence-corrected chi connectivity index (χ2v) is 15.8. The minimum absolute atomic E-state index is 0.312. The molecule has 11 aromatic rings. The Hall–Kier alpha value is -7.42. The van der Waals surface area contributed by atoms with Crippen molar-refractivity contribution < 1.29 is 4.42 Å². The summed E-state index contributed by atoms with van der Waals surface area (Å²) in [6.07, 6.45) is 0. The minimum atomic E-state index is -0.312. The Kier molecular flexibility index (Phi) is 7.09. The highest BCUT2D eigenvalue weighted by atomic mass is 16.3. The fourth-order valence-electron chi connectivity index (χ4n) is 9.89. The van der Waals surface area contributed by atoms with Crippen molar-refractivity contribution in [1.29, 1.82) is 0 Å². The van der Waals surface area contributed by atoms with Crippen LogP contribution in [0.25, 0.3) is 76.5 Å². The third-order valence-corrected chi connectivity index (χ3v) is 12.7. The summed E-state index contributed by atoms with van der Waals surface area (Å²) in [5, 5.41) is 9.87. The molecule has 1 unspecified atom stereocenters. The van der Waals surface area contributed by atoms with Gasteiger partial charge >= 0.3 is 0 Å². The number of para-hydroxylation sites is 1. The molecule has 2 heteroatoms. The summed E-state index contributed by atoms with van der Waals surface area (Å²) in [7, 11) is 0. The van der Waals surface area contributed by atoms with E-state index in [1.807, 2.05) is 12.1 Å². The van der Waals surface area contributed by atoms with E-state index in [0.29, 0.717) is 0 Å². The van der Waals surface area contributed by atoms with Gasteiger partial charge < -0.3 is 9.32 Å². The lowest BCUT2D eigenvalue weighted by molar-refractivity contribution is 0.669. The Morgan fingerprint density at radius 2 is 0.879 bits per heavy atom. The van der Waals surface area contributed by atoms with Gasteiger partial charge in [0.2, 0.25) is 0 Å². The molecule has 0 saturated heterocycles. The quantitative estimate of drug-likeness (QED) is 0.163. The van der Waals surface area contributed by atoms with Gasteiger partial charge in [-0.3, -0.25) is 0 Å². The van der Waals surface area contributed by atoms with Crippen LogP contribution in [0.15, 0.2) is 211 Å². The average Bonchev–Trinajstić information content (AvgIpc) is 3.79. The number of benzene rings is 10. The molecule has 0 saturated carbocycles. The standard InChI is InChI=1S/C56H37NO/c1-56(38-13-3-2-4-14-38)52-21-11-9-19-47(52)48-31-29-41(35-53(48)56)57(40-28-30-46-44-17-6-5-15-42(44)43-16-7-8-18-45(43)50(46)34-40)39-26-23-36(24-27-39)37-25-32-55-51(33-37)49-20-10-12-22-54(49)58-55/h2-35H,1H3. The van der Waals surface area contributed by atoms with Crippen LogP contribution in [0, 0.1) is 0 Å². The first-order chi connectivity index (χ1) is 28.6. The van der Waals surface area contributed by atoms with Crippen LogP contribution in [0.2, 0.25) is 0 Å². The molecular formula is C56H37NO. The number of fused-ring (bicyclic) bond motifs is 12. The maximum absolute atomic E-state index is 6.16. The Morgan fingerprint density at radius 3 is 1.64 bits per heavy atom. The largest absolute Gasteiger partial charge is 0.456 e. The minimum Gasteiger partial charge on any atom is -0.456 e. The first kappa shape index (κ1) is 32.8. The highest BCUT2D eigenvalue weighted by Crippen LogP contribution is 2.54. The van der Waals surface area contributed by atoms with Crippen molar-refractivity contribution >= 4 is 71.3 Å². The molecule has 1 atom stereocenters. The highest BCUT2D eigenvalue weighted by molar-refractivity contribution is 6.25. The zero-order chi connectivity index (χ0) is 38.4. The number of rotatable bonds is 5. The molecule has 0 aliphatic heterocycles. The van der Waals surface area contributed by atoms with Crippen molar-refractivity contribution in [2.75, 3.05) is 4.90 Å². The van der Waals surface area contributed by atoms with E-state index in [4.69, 9.17) is 4.42 Å². The molecule has 1 heterocycles. The first-order valence-corrected chi connectivity index (χ1v) is 20.1. The smallest absolute Gasteiger partial charge is 0.135 e. The van der Waals surface area contributed by atoms with E-state index in [1.165, 1.54) is 60.1 Å². The summed E-state index contributed by atoms with van der Waals surface area (Å²) in [6, 6.07) is 75.5. The van der Waals surface area contributed by atoms with Crippen LogP contribution in [0.5, 0.6) is 0 Å². The molecule has 12 rings (SSSR count). The monoisotopic (exact) mass is 739 g/mol. The zero-order valence-corrected chi connectivity index (χ0v) is 32.0. The van der Waals surface area contributed by atoms with Crippen LogP contribution in [0.3, 0.4) is 0 Å². The van der Waals surface area contributed by atoms with Gasteiger partial charge in [0, 0.05) is 33.2 Å². The lowest BCUT2D eigenvalue weighted by Gasteiger charge is -2.31. The summed E-state index contributed by atoms with van der Waals surface area (Å²) < 4.78 is 6.16. The fraction of sp³-hybridized carbons (Fsp3) is 0.0357. The van der Waals surface area contributed by atoms with E-state index in [-0.39, 0.29) is 5.41 Å². The number of nitrogens with zero attached hydrogens (tertiary/aromatic N) is 1. The molecule has 1 aliphatic carbocycles. The van der Waals surface area contributed by atoms with Crippen LogP contribution in [-0.4, -0.2) is 0 Å². The van der Waals surface area contributed by atoms with Crippen molar-refractivity contribution in [3.63, 3.8) is 0 Å². The van der Waals surface area contributed by atoms with E-state index >= 15 is 0 Å². The molecule has 2 nitrogen and oxygen atoms in total. The Labute approximate surface area is 336 Å². The molecule has 10 aromatic carbocycles. The molecule has 1 aliphatic rings. The van der Waals surface area contributed by atoms with Gasteiger partial charge in [-0.2, -0.15) is 0 Å². The van der Waals surface area contributed by atoms with E-state index in [1.54, 1.807) is 0 Å². The maximum Gasteiger partial charge on any atom is 0.135 e. The van der Waals surface area contributed by atoms with Crippen LogP contribution < -0.4 is 4.90 Å². The molecule has 0 N–H and O–H groups in total. The summed E-state index contributed by atoms with van der Waals surface area (Å²) in [5.74, 6) is 0. The van der Waals surface area contributed by atoms with E-state index in [2.05, 4.69) is 206 Å². The fourth-order valence-corrected chi connectivity index (χ4v) is 9.89. The Bertz CT molecular complexity index is 3380. The van der Waals surface area contributed by atoms with Crippen LogP contribution >= 0.6 is 0 Å². The molecular weight excluding hydrogens is 703 g/mol. The molecule has 0 amide bonds. The number of furan rings is 1. The van der Waals surface area contributed by atoms with Gasteiger partial charge in [-0.1, -0.05) is 152 Å². The molecule has 58 heavy (non-hydrogen) atoms. The van der Waals surface area contributed by atoms with Gasteiger partial charge in [-0.15, -0.1) is 0 Å². The molecule has 0 fully saturated rings. The predicted molar refractivity (Wildman–Crippen MR) is 244 cm³/mol. The number of anilines is 3. The lowest BCUT2D eigenvalue weighted by atomic mass is 9.74. The third kappa shape index (κ3) is 4.79. The van der Waals surface area contributed by atoms with Crippen molar-refractivity contribution in [2.24, 2.45) is 0 Å². The zero-order valence-electron chi connectivity index (χ0n) is 32.0. The first-order valence-electron chi connectivity index (χ1n) is 20.1. The van der Waals surface area contributed by atoms with Crippen molar-refractivity contribution in [2.45, 2.75) is 12.3 Å². The van der Waals surface area contributed by atoms with Gasteiger partial charge in [-0.05, 0) is 133 Å². The Balaban J connectivity index is 1.06. The van der Waals surface area contributed by atoms with Gasteiger partial charge in [0.15, 0.2) is 0 Å². The Morgan fingerprint density at radius 1 is 0.345 bits per heavy atom. The van der Waals surface area contributed by atoms with Crippen LogP contribution in [0.1, 0.15) is 23.6 Å². The highest BCUT2D eigenvalue weighted by Gasteiger charge is 2.41. The van der Waals surface area contributed by atoms with E-state index < -0.39 is 0 Å². The number of hydrogen-bond acceptors (Lipinski definition) is 2. The summed E-state index contributed by atoms with van der Waals surface area (Å²) >= 11 is 0. The molecule has 0 radical (unpaired) electrons. The topological polar surface area (TPSA) is 16.4 Å². The molecule has 272 valence electrons. The predicted octanol–water partition coefficient (Wildman–Crippen LogP) is 15.5. The van der Waals surface area contributed by atoms with E-state index in [9.17, 15) is 0 Å². The van der Waals surface area contributed by atoms with Crippen molar-refractivity contribution in [3.05, 3.63) is 223 Å². The summed E-state index contributed by atoms with van der Waals surface area (Å²) in [5.41, 5.74) is 13.7. The van der Waals surface area contributed by atoms with Gasteiger partial charge in [0.05, 0.1) is 0 Å². The van der Waals surface area contributed by atoms with Crippen LogP contribution in [-0.2, 0) is 5.41 Å². The van der Waals surface area contributed by atoms with Crippen molar-refractivity contribution in [3.8, 4) is 22.3 Å². The maximum atomic E-state index is 6.16. The van der Waals surface area contributed by atoms with Gasteiger partial charge in [0.1, 0.15) is 11.2 Å². The van der Waals surface area contributed by atoms with E-state index in [0.717, 1.165) is 50.1 Å². The van der Waals surface area contributed by atoms with Crippen molar-refractivity contribution in [1.82, 2.24) is 0 Å². The average molecular weight is 740 g/mol. The summed E-state index contributed by atoms with van der Waals surface area (Å²) in [4.78, 5) is 2.44.